The van der Waals surface area contributed by atoms with Crippen molar-refractivity contribution in [3.05, 3.63) is 34.7 Å². The van der Waals surface area contributed by atoms with E-state index in [0.29, 0.717) is 18.2 Å². The number of nitrogen functional groups attached to an aromatic ring is 1. The van der Waals surface area contributed by atoms with E-state index < -0.39 is 0 Å². The molecule has 0 aliphatic carbocycles. The largest absolute Gasteiger partial charge is 0.360 e. The van der Waals surface area contributed by atoms with Gasteiger partial charge in [0.15, 0.2) is 17.3 Å². The molecule has 0 aliphatic rings. The Labute approximate surface area is 119 Å². The lowest BCUT2D eigenvalue weighted by Crippen LogP contribution is -2.12. The molecule has 0 unspecified atom stereocenters. The van der Waals surface area contributed by atoms with Crippen LogP contribution in [0.2, 0.25) is 0 Å². The third kappa shape index (κ3) is 2.43. The molecular weight excluding hydrogens is 274 g/mol. The summed E-state index contributed by atoms with van der Waals surface area (Å²) in [6.45, 7) is 2.74. The minimum Gasteiger partial charge on any atom is -0.360 e. The van der Waals surface area contributed by atoms with Crippen molar-refractivity contribution in [1.29, 1.82) is 0 Å². The summed E-state index contributed by atoms with van der Waals surface area (Å²) in [5, 5.41) is 4.29. The molecule has 0 radical (unpaired) electrons. The van der Waals surface area contributed by atoms with Crippen LogP contribution >= 0.6 is 11.3 Å². The van der Waals surface area contributed by atoms with Gasteiger partial charge in [-0.05, 0) is 6.42 Å². The minimum absolute atomic E-state index is 0.575. The zero-order valence-corrected chi connectivity index (χ0v) is 11.8. The molecule has 0 spiro atoms. The van der Waals surface area contributed by atoms with Crippen LogP contribution < -0.4 is 16.6 Å². The van der Waals surface area contributed by atoms with Gasteiger partial charge in [-0.15, -0.1) is 11.3 Å². The van der Waals surface area contributed by atoms with E-state index in [4.69, 9.17) is 5.84 Å². The van der Waals surface area contributed by atoms with Gasteiger partial charge in [0, 0.05) is 23.5 Å². The van der Waals surface area contributed by atoms with Gasteiger partial charge in [0.1, 0.15) is 5.01 Å². The Balaban J connectivity index is 1.84. The summed E-state index contributed by atoms with van der Waals surface area (Å²) in [5.41, 5.74) is 3.31. The van der Waals surface area contributed by atoms with Gasteiger partial charge < -0.3 is 15.1 Å². The molecular formula is C12H15N7S. The Kier molecular flexibility index (Phi) is 3.48. The van der Waals surface area contributed by atoms with Gasteiger partial charge >= 0.3 is 0 Å². The number of hydrogen-bond donors (Lipinski definition) is 3. The molecule has 0 saturated heterocycles. The van der Waals surface area contributed by atoms with E-state index in [2.05, 4.69) is 32.6 Å². The fourth-order valence-corrected chi connectivity index (χ4v) is 2.67. The van der Waals surface area contributed by atoms with Gasteiger partial charge in [-0.1, -0.05) is 6.92 Å². The van der Waals surface area contributed by atoms with Crippen LogP contribution in [0.15, 0.2) is 24.8 Å². The lowest BCUT2D eigenvalue weighted by molar-refractivity contribution is 1.04. The topological polar surface area (TPSA) is 93.2 Å². The van der Waals surface area contributed by atoms with Crippen molar-refractivity contribution in [2.75, 3.05) is 10.7 Å². The maximum Gasteiger partial charge on any atom is 0.180 e. The van der Waals surface area contributed by atoms with Crippen LogP contribution in [0.3, 0.4) is 0 Å². The van der Waals surface area contributed by atoms with Gasteiger partial charge in [-0.25, -0.2) is 20.8 Å². The number of aromatic nitrogens is 4. The second-order valence-electron chi connectivity index (χ2n) is 4.20. The summed E-state index contributed by atoms with van der Waals surface area (Å²) in [4.78, 5) is 14.3. The second kappa shape index (κ2) is 5.43. The van der Waals surface area contributed by atoms with Gasteiger partial charge in [0.05, 0.1) is 12.7 Å². The van der Waals surface area contributed by atoms with Gasteiger partial charge in [-0.3, -0.25) is 0 Å². The fourth-order valence-electron chi connectivity index (χ4n) is 1.87. The highest BCUT2D eigenvalue weighted by Gasteiger charge is 2.08. The van der Waals surface area contributed by atoms with Gasteiger partial charge in [-0.2, -0.15) is 0 Å². The number of nitrogens with zero attached hydrogens (tertiary/aromatic N) is 4. The van der Waals surface area contributed by atoms with Crippen LogP contribution in [-0.2, 0) is 13.0 Å². The molecule has 3 rings (SSSR count). The quantitative estimate of drug-likeness (QED) is 0.488. The number of imidazole rings is 1. The highest BCUT2D eigenvalue weighted by Crippen LogP contribution is 2.18. The second-order valence-corrected chi connectivity index (χ2v) is 5.40. The highest BCUT2D eigenvalue weighted by atomic mass is 32.1. The smallest absolute Gasteiger partial charge is 0.180 e. The summed E-state index contributed by atoms with van der Waals surface area (Å²) in [6, 6.07) is 0. The summed E-state index contributed by atoms with van der Waals surface area (Å²) in [5.74, 6) is 6.68. The monoisotopic (exact) mass is 289 g/mol. The third-order valence-electron chi connectivity index (χ3n) is 2.88. The first kappa shape index (κ1) is 12.8. The van der Waals surface area contributed by atoms with E-state index in [9.17, 15) is 0 Å². The Bertz CT molecular complexity index is 717. The Morgan fingerprint density at radius 2 is 2.30 bits per heavy atom. The number of hydrazine groups is 1. The first-order valence-electron chi connectivity index (χ1n) is 6.28. The molecule has 0 fully saturated rings. The standard InChI is InChI=1S/C12H15N7S/c1-2-8-5-15-10(20-8)6-16-11-12-14-3-4-19(12)7-9(17-11)18-13/h3-5,7,18H,2,6,13H2,1H3,(H,16,17). The number of hydrogen-bond acceptors (Lipinski definition) is 7. The number of nitrogens with one attached hydrogen (secondary N) is 2. The van der Waals surface area contributed by atoms with E-state index in [-0.39, 0.29) is 0 Å². The van der Waals surface area contributed by atoms with Crippen molar-refractivity contribution >= 4 is 28.6 Å². The van der Waals surface area contributed by atoms with Gasteiger partial charge in [0.2, 0.25) is 0 Å². The summed E-state index contributed by atoms with van der Waals surface area (Å²) in [7, 11) is 0. The zero-order chi connectivity index (χ0) is 13.9. The SMILES string of the molecule is CCc1cnc(CNc2nc(NN)cn3ccnc23)s1. The number of rotatable bonds is 5. The van der Waals surface area contributed by atoms with Crippen molar-refractivity contribution < 1.29 is 0 Å². The fraction of sp³-hybridized carbons (Fsp3) is 0.250. The maximum atomic E-state index is 5.42. The van der Waals surface area contributed by atoms with Crippen molar-refractivity contribution in [3.8, 4) is 0 Å². The van der Waals surface area contributed by atoms with Crippen LogP contribution in [0.4, 0.5) is 11.6 Å². The lowest BCUT2D eigenvalue weighted by Gasteiger charge is -2.08. The number of nitrogens with two attached hydrogens (primary N) is 1. The Morgan fingerprint density at radius 1 is 1.40 bits per heavy atom. The lowest BCUT2D eigenvalue weighted by atomic mass is 10.4. The minimum atomic E-state index is 0.575. The first-order chi connectivity index (χ1) is 9.80. The highest BCUT2D eigenvalue weighted by molar-refractivity contribution is 7.11. The molecule has 3 heterocycles. The molecule has 3 aromatic heterocycles. The predicted octanol–water partition coefficient (Wildman–Crippen LogP) is 1.65. The molecule has 3 aromatic rings. The zero-order valence-electron chi connectivity index (χ0n) is 11.0. The molecule has 0 amide bonds. The average Bonchev–Trinajstić information content (AvgIpc) is 3.12. The average molecular weight is 289 g/mol. The van der Waals surface area contributed by atoms with Crippen molar-refractivity contribution in [2.24, 2.45) is 5.84 Å². The molecule has 0 aromatic carbocycles. The van der Waals surface area contributed by atoms with Crippen molar-refractivity contribution in [1.82, 2.24) is 19.4 Å². The maximum absolute atomic E-state index is 5.42. The molecule has 0 atom stereocenters. The molecule has 7 nitrogen and oxygen atoms in total. The molecule has 0 saturated carbocycles. The Hall–Kier alpha value is -2.19. The number of aryl methyl sites for hydroxylation is 1. The first-order valence-corrected chi connectivity index (χ1v) is 7.09. The van der Waals surface area contributed by atoms with Gasteiger partial charge in [0.25, 0.3) is 0 Å². The van der Waals surface area contributed by atoms with E-state index in [1.807, 2.05) is 16.8 Å². The summed E-state index contributed by atoms with van der Waals surface area (Å²) < 4.78 is 1.86. The molecule has 0 aliphatic heterocycles. The van der Waals surface area contributed by atoms with E-state index in [1.54, 1.807) is 23.7 Å². The molecule has 20 heavy (non-hydrogen) atoms. The number of fused-ring (bicyclic) bond motifs is 1. The molecule has 8 heteroatoms. The normalized spacial score (nSPS) is 10.9. The van der Waals surface area contributed by atoms with E-state index in [0.717, 1.165) is 17.1 Å². The molecule has 104 valence electrons. The van der Waals surface area contributed by atoms with Crippen molar-refractivity contribution in [3.63, 3.8) is 0 Å². The summed E-state index contributed by atoms with van der Waals surface area (Å²) in [6.07, 6.45) is 8.28. The van der Waals surface area contributed by atoms with Crippen LogP contribution in [-0.4, -0.2) is 19.4 Å². The Morgan fingerprint density at radius 3 is 3.05 bits per heavy atom. The third-order valence-corrected chi connectivity index (χ3v) is 4.02. The van der Waals surface area contributed by atoms with Crippen LogP contribution in [0.5, 0.6) is 0 Å². The van der Waals surface area contributed by atoms with E-state index in [1.165, 1.54) is 4.88 Å². The van der Waals surface area contributed by atoms with Crippen LogP contribution in [0, 0.1) is 0 Å². The number of anilines is 2. The number of thiazole rings is 1. The van der Waals surface area contributed by atoms with Crippen LogP contribution in [0.1, 0.15) is 16.8 Å². The predicted molar refractivity (Wildman–Crippen MR) is 79.6 cm³/mol. The summed E-state index contributed by atoms with van der Waals surface area (Å²) >= 11 is 1.70. The molecule has 4 N–H and O–H groups in total. The molecule has 0 bridgehead atoms. The van der Waals surface area contributed by atoms with E-state index >= 15 is 0 Å². The van der Waals surface area contributed by atoms with Crippen molar-refractivity contribution in [2.45, 2.75) is 19.9 Å². The van der Waals surface area contributed by atoms with Crippen LogP contribution in [0.25, 0.3) is 5.65 Å².